The Bertz CT molecular complexity index is 772. The lowest BCUT2D eigenvalue weighted by Gasteiger charge is -2.12. The number of ether oxygens (including phenoxy) is 1. The largest absolute Gasteiger partial charge is 0.483 e. The number of nitrogens with zero attached hydrogens (tertiary/aromatic N) is 1. The summed E-state index contributed by atoms with van der Waals surface area (Å²) in [5.41, 5.74) is 5.75. The van der Waals surface area contributed by atoms with E-state index in [0.29, 0.717) is 0 Å². The van der Waals surface area contributed by atoms with Gasteiger partial charge in [0.05, 0.1) is 11.0 Å². The van der Waals surface area contributed by atoms with Crippen molar-refractivity contribution in [3.8, 4) is 5.75 Å². The first kappa shape index (κ1) is 13.7. The van der Waals surface area contributed by atoms with E-state index in [2.05, 4.69) is 42.9 Å². The molecule has 3 aromatic rings. The van der Waals surface area contributed by atoms with Gasteiger partial charge in [-0.25, -0.2) is 4.98 Å². The van der Waals surface area contributed by atoms with Gasteiger partial charge in [0, 0.05) is 0 Å². The number of nitrogens with one attached hydrogen (secondary N) is 1. The van der Waals surface area contributed by atoms with Crippen molar-refractivity contribution in [2.75, 3.05) is 0 Å². The van der Waals surface area contributed by atoms with E-state index in [9.17, 15) is 0 Å². The second kappa shape index (κ2) is 5.24. The highest BCUT2D eigenvalue weighted by molar-refractivity contribution is 5.79. The molecule has 21 heavy (non-hydrogen) atoms. The Hall–Kier alpha value is -2.29. The number of aromatic nitrogens is 2. The molecule has 0 spiro atoms. The van der Waals surface area contributed by atoms with Crippen molar-refractivity contribution in [2.24, 2.45) is 0 Å². The van der Waals surface area contributed by atoms with Gasteiger partial charge >= 0.3 is 0 Å². The van der Waals surface area contributed by atoms with Crippen molar-refractivity contribution >= 4 is 11.0 Å². The maximum Gasteiger partial charge on any atom is 0.153 e. The highest BCUT2D eigenvalue weighted by Crippen LogP contribution is 2.24. The molecule has 3 heteroatoms. The van der Waals surface area contributed by atoms with Gasteiger partial charge in [0.1, 0.15) is 11.6 Å². The zero-order valence-corrected chi connectivity index (χ0v) is 12.9. The number of hydrogen-bond donors (Lipinski definition) is 1. The van der Waals surface area contributed by atoms with Crippen LogP contribution in [0, 0.1) is 20.8 Å². The first-order chi connectivity index (χ1) is 10.0. The van der Waals surface area contributed by atoms with Gasteiger partial charge in [0.15, 0.2) is 6.10 Å². The van der Waals surface area contributed by atoms with Gasteiger partial charge in [-0.05, 0) is 57.0 Å². The summed E-state index contributed by atoms with van der Waals surface area (Å²) in [6, 6.07) is 12.4. The molecule has 0 aliphatic carbocycles. The lowest BCUT2D eigenvalue weighted by atomic mass is 10.1. The molecule has 0 fully saturated rings. The Morgan fingerprint density at radius 2 is 1.71 bits per heavy atom. The van der Waals surface area contributed by atoms with Gasteiger partial charge < -0.3 is 9.72 Å². The Morgan fingerprint density at radius 3 is 2.43 bits per heavy atom. The number of H-pyrrole nitrogens is 1. The van der Waals surface area contributed by atoms with Gasteiger partial charge in [0.2, 0.25) is 0 Å². The van der Waals surface area contributed by atoms with Crippen LogP contribution in [0.5, 0.6) is 5.75 Å². The van der Waals surface area contributed by atoms with E-state index in [1.165, 1.54) is 16.7 Å². The molecule has 0 radical (unpaired) electrons. The maximum atomic E-state index is 5.96. The van der Waals surface area contributed by atoms with Crippen LogP contribution in [0.2, 0.25) is 0 Å². The molecule has 0 aliphatic heterocycles. The van der Waals surface area contributed by atoms with Gasteiger partial charge in [-0.1, -0.05) is 23.8 Å². The molecule has 3 rings (SSSR count). The second-order valence-electron chi connectivity index (χ2n) is 5.67. The van der Waals surface area contributed by atoms with Crippen molar-refractivity contribution < 1.29 is 4.74 Å². The summed E-state index contributed by atoms with van der Waals surface area (Å²) >= 11 is 0. The zero-order chi connectivity index (χ0) is 15.0. The fraction of sp³-hybridized carbons (Fsp3) is 0.278. The van der Waals surface area contributed by atoms with Crippen molar-refractivity contribution in [1.29, 1.82) is 0 Å². The molecule has 0 aliphatic rings. The van der Waals surface area contributed by atoms with Crippen LogP contribution in [0.1, 0.15) is 35.5 Å². The first-order valence-corrected chi connectivity index (χ1v) is 7.23. The number of hydrogen-bond acceptors (Lipinski definition) is 2. The van der Waals surface area contributed by atoms with E-state index in [-0.39, 0.29) is 6.10 Å². The van der Waals surface area contributed by atoms with Crippen LogP contribution in [-0.2, 0) is 0 Å². The van der Waals surface area contributed by atoms with E-state index in [0.717, 1.165) is 22.6 Å². The van der Waals surface area contributed by atoms with E-state index in [4.69, 9.17) is 4.74 Å². The molecular formula is C18H20N2O. The Morgan fingerprint density at radius 1 is 1.00 bits per heavy atom. The number of benzene rings is 2. The summed E-state index contributed by atoms with van der Waals surface area (Å²) < 4.78 is 5.96. The molecule has 1 atom stereocenters. The van der Waals surface area contributed by atoms with Crippen LogP contribution in [0.4, 0.5) is 0 Å². The van der Waals surface area contributed by atoms with Crippen LogP contribution in [-0.4, -0.2) is 9.97 Å². The summed E-state index contributed by atoms with van der Waals surface area (Å²) in [4.78, 5) is 8.06. The van der Waals surface area contributed by atoms with E-state index >= 15 is 0 Å². The molecule has 0 bridgehead atoms. The summed E-state index contributed by atoms with van der Waals surface area (Å²) in [6.07, 6.45) is -0.111. The Labute approximate surface area is 125 Å². The third-order valence-corrected chi connectivity index (χ3v) is 3.66. The van der Waals surface area contributed by atoms with Gasteiger partial charge in [-0.15, -0.1) is 0 Å². The standard InChI is InChI=1S/C18H20N2O/c1-11-5-7-15(8-6-11)21-14(4)18-19-16-10-12(2)9-13(3)17(16)20-18/h5-10,14H,1-4H3,(H,19,20)/t14-/m0/s1. The number of aryl methyl sites for hydroxylation is 3. The van der Waals surface area contributed by atoms with Gasteiger partial charge in [0.25, 0.3) is 0 Å². The molecule has 0 saturated carbocycles. The first-order valence-electron chi connectivity index (χ1n) is 7.23. The lowest BCUT2D eigenvalue weighted by molar-refractivity contribution is 0.218. The molecule has 1 aromatic heterocycles. The number of fused-ring (bicyclic) bond motifs is 1. The molecule has 1 N–H and O–H groups in total. The Kier molecular flexibility index (Phi) is 3.42. The van der Waals surface area contributed by atoms with Crippen LogP contribution in [0.25, 0.3) is 11.0 Å². The minimum atomic E-state index is -0.111. The average Bonchev–Trinajstić information content (AvgIpc) is 2.85. The van der Waals surface area contributed by atoms with E-state index in [1.54, 1.807) is 0 Å². The van der Waals surface area contributed by atoms with Crippen molar-refractivity contribution in [3.63, 3.8) is 0 Å². The fourth-order valence-electron chi connectivity index (χ4n) is 2.56. The number of imidazole rings is 1. The number of rotatable bonds is 3. The lowest BCUT2D eigenvalue weighted by Crippen LogP contribution is -2.04. The third-order valence-electron chi connectivity index (χ3n) is 3.66. The molecular weight excluding hydrogens is 260 g/mol. The maximum absolute atomic E-state index is 5.96. The summed E-state index contributed by atoms with van der Waals surface area (Å²) in [7, 11) is 0. The predicted octanol–water partition coefficient (Wildman–Crippen LogP) is 4.63. The SMILES string of the molecule is Cc1ccc(O[C@@H](C)c2nc3c(C)cc(C)cc3[nH]2)cc1. The van der Waals surface area contributed by atoms with Crippen LogP contribution >= 0.6 is 0 Å². The molecule has 0 saturated heterocycles. The molecule has 3 nitrogen and oxygen atoms in total. The smallest absolute Gasteiger partial charge is 0.153 e. The molecule has 2 aromatic carbocycles. The highest BCUT2D eigenvalue weighted by atomic mass is 16.5. The minimum absolute atomic E-state index is 0.111. The van der Waals surface area contributed by atoms with Crippen LogP contribution in [0.15, 0.2) is 36.4 Å². The normalized spacial score (nSPS) is 12.6. The van der Waals surface area contributed by atoms with E-state index in [1.807, 2.05) is 31.2 Å². The highest BCUT2D eigenvalue weighted by Gasteiger charge is 2.13. The van der Waals surface area contributed by atoms with Crippen molar-refractivity contribution in [1.82, 2.24) is 9.97 Å². The molecule has 0 amide bonds. The monoisotopic (exact) mass is 280 g/mol. The predicted molar refractivity (Wildman–Crippen MR) is 85.8 cm³/mol. The summed E-state index contributed by atoms with van der Waals surface area (Å²) in [5.74, 6) is 1.72. The summed E-state index contributed by atoms with van der Waals surface area (Å²) in [5, 5.41) is 0. The quantitative estimate of drug-likeness (QED) is 0.759. The fourth-order valence-corrected chi connectivity index (χ4v) is 2.56. The van der Waals surface area contributed by atoms with Crippen molar-refractivity contribution in [2.45, 2.75) is 33.8 Å². The Balaban J connectivity index is 1.89. The average molecular weight is 280 g/mol. The summed E-state index contributed by atoms with van der Waals surface area (Å²) in [6.45, 7) is 8.27. The zero-order valence-electron chi connectivity index (χ0n) is 12.9. The van der Waals surface area contributed by atoms with Crippen molar-refractivity contribution in [3.05, 3.63) is 58.9 Å². The molecule has 0 unspecified atom stereocenters. The molecule has 1 heterocycles. The topological polar surface area (TPSA) is 37.9 Å². The van der Waals surface area contributed by atoms with E-state index < -0.39 is 0 Å². The van der Waals surface area contributed by atoms with Gasteiger partial charge in [-0.3, -0.25) is 0 Å². The minimum Gasteiger partial charge on any atom is -0.483 e. The van der Waals surface area contributed by atoms with Crippen LogP contribution < -0.4 is 4.74 Å². The third kappa shape index (κ3) is 2.77. The molecule has 108 valence electrons. The van der Waals surface area contributed by atoms with Gasteiger partial charge in [-0.2, -0.15) is 0 Å². The van der Waals surface area contributed by atoms with Crippen LogP contribution in [0.3, 0.4) is 0 Å². The number of aromatic amines is 1. The second-order valence-corrected chi connectivity index (χ2v) is 5.67.